The normalized spacial score (nSPS) is 13.1. The van der Waals surface area contributed by atoms with Crippen LogP contribution < -0.4 is 11.1 Å². The molecule has 0 heterocycles. The molecule has 0 aliphatic rings. The fourth-order valence-electron chi connectivity index (χ4n) is 5.40. The molecular weight excluding hydrogens is 576 g/mol. The standard InChI is InChI=1S/C39H70N2O5/c1-3-5-7-9-11-12-13-14-15-16-18-23-27-33-38(43)46-35(29-24-20-17-10-8-6-4-2)30-25-21-19-22-26-32-37(42)41-36(39(44)45)31-28-34-40/h5,7,11-12,14-15,35-36H,3-4,6,8-10,13,16-34,40H2,1-2H3,(H,41,42)(H,44,45)/b7-5-,12-11-,15-14-. The monoisotopic (exact) mass is 647 g/mol. The summed E-state index contributed by atoms with van der Waals surface area (Å²) < 4.78 is 5.97. The van der Waals surface area contributed by atoms with Crippen LogP contribution in [0, 0.1) is 0 Å². The summed E-state index contributed by atoms with van der Waals surface area (Å²) in [5.41, 5.74) is 5.46. The minimum Gasteiger partial charge on any atom is -0.480 e. The molecule has 266 valence electrons. The highest BCUT2D eigenvalue weighted by Gasteiger charge is 2.19. The zero-order chi connectivity index (χ0) is 33.9. The van der Waals surface area contributed by atoms with Crippen LogP contribution in [-0.4, -0.2) is 41.6 Å². The Morgan fingerprint density at radius 2 is 1.20 bits per heavy atom. The Morgan fingerprint density at radius 3 is 1.80 bits per heavy atom. The van der Waals surface area contributed by atoms with E-state index in [0.29, 0.717) is 32.2 Å². The summed E-state index contributed by atoms with van der Waals surface area (Å²) in [6.45, 7) is 4.80. The van der Waals surface area contributed by atoms with Gasteiger partial charge in [-0.05, 0) is 90.0 Å². The van der Waals surface area contributed by atoms with Crippen molar-refractivity contribution in [3.63, 3.8) is 0 Å². The molecule has 4 N–H and O–H groups in total. The maximum Gasteiger partial charge on any atom is 0.326 e. The van der Waals surface area contributed by atoms with Crippen LogP contribution in [0.3, 0.4) is 0 Å². The van der Waals surface area contributed by atoms with Crippen molar-refractivity contribution in [1.82, 2.24) is 5.32 Å². The molecule has 0 fully saturated rings. The minimum absolute atomic E-state index is 0.00356. The third kappa shape index (κ3) is 30.3. The van der Waals surface area contributed by atoms with Crippen molar-refractivity contribution >= 4 is 17.8 Å². The summed E-state index contributed by atoms with van der Waals surface area (Å²) in [5.74, 6) is -1.27. The van der Waals surface area contributed by atoms with E-state index in [1.807, 2.05) is 0 Å². The molecule has 0 radical (unpaired) electrons. The van der Waals surface area contributed by atoms with Gasteiger partial charge in [-0.2, -0.15) is 0 Å². The molecule has 46 heavy (non-hydrogen) atoms. The number of nitrogens with one attached hydrogen (secondary N) is 1. The molecule has 0 aliphatic heterocycles. The van der Waals surface area contributed by atoms with Gasteiger partial charge in [0.15, 0.2) is 0 Å². The van der Waals surface area contributed by atoms with E-state index in [9.17, 15) is 19.5 Å². The average molecular weight is 647 g/mol. The lowest BCUT2D eigenvalue weighted by Gasteiger charge is -2.18. The maximum absolute atomic E-state index is 12.6. The molecular formula is C39H70N2O5. The van der Waals surface area contributed by atoms with Gasteiger partial charge < -0.3 is 20.9 Å². The topological polar surface area (TPSA) is 119 Å². The summed E-state index contributed by atoms with van der Waals surface area (Å²) in [4.78, 5) is 36.1. The number of esters is 1. The first-order valence-corrected chi connectivity index (χ1v) is 18.8. The highest BCUT2D eigenvalue weighted by Crippen LogP contribution is 2.18. The van der Waals surface area contributed by atoms with Crippen LogP contribution in [0.25, 0.3) is 0 Å². The molecule has 1 amide bonds. The van der Waals surface area contributed by atoms with Crippen LogP contribution in [0.4, 0.5) is 0 Å². The summed E-state index contributed by atoms with van der Waals surface area (Å²) in [6.07, 6.45) is 37.6. The minimum atomic E-state index is -1.01. The van der Waals surface area contributed by atoms with Gasteiger partial charge in [-0.15, -0.1) is 0 Å². The Labute approximate surface area is 282 Å². The second kappa shape index (κ2) is 33.9. The number of aliphatic carboxylic acids is 1. The van der Waals surface area contributed by atoms with Crippen molar-refractivity contribution in [1.29, 1.82) is 0 Å². The Hall–Kier alpha value is -2.41. The summed E-state index contributed by atoms with van der Waals surface area (Å²) in [5, 5.41) is 11.9. The van der Waals surface area contributed by atoms with E-state index in [1.165, 1.54) is 38.5 Å². The third-order valence-corrected chi connectivity index (χ3v) is 8.22. The predicted octanol–water partition coefficient (Wildman–Crippen LogP) is 9.89. The highest BCUT2D eigenvalue weighted by molar-refractivity contribution is 5.83. The smallest absolute Gasteiger partial charge is 0.326 e. The average Bonchev–Trinajstić information content (AvgIpc) is 3.03. The van der Waals surface area contributed by atoms with Gasteiger partial charge in [-0.1, -0.05) is 115 Å². The Bertz CT molecular complexity index is 823. The predicted molar refractivity (Wildman–Crippen MR) is 193 cm³/mol. The third-order valence-electron chi connectivity index (χ3n) is 8.22. The van der Waals surface area contributed by atoms with Crippen LogP contribution in [0.1, 0.15) is 174 Å². The molecule has 0 bridgehead atoms. The van der Waals surface area contributed by atoms with E-state index in [4.69, 9.17) is 10.5 Å². The first-order chi connectivity index (χ1) is 22.4. The van der Waals surface area contributed by atoms with Crippen molar-refractivity contribution in [2.45, 2.75) is 187 Å². The van der Waals surface area contributed by atoms with Crippen LogP contribution >= 0.6 is 0 Å². The van der Waals surface area contributed by atoms with E-state index < -0.39 is 12.0 Å². The zero-order valence-corrected chi connectivity index (χ0v) is 29.7. The van der Waals surface area contributed by atoms with Crippen molar-refractivity contribution in [3.8, 4) is 0 Å². The number of rotatable bonds is 33. The number of nitrogens with two attached hydrogens (primary N) is 1. The number of ether oxygens (including phenoxy) is 1. The Morgan fingerprint density at radius 1 is 0.652 bits per heavy atom. The first-order valence-electron chi connectivity index (χ1n) is 18.8. The molecule has 0 rings (SSSR count). The molecule has 7 nitrogen and oxygen atoms in total. The van der Waals surface area contributed by atoms with Gasteiger partial charge in [0.25, 0.3) is 0 Å². The van der Waals surface area contributed by atoms with Gasteiger partial charge in [-0.25, -0.2) is 4.79 Å². The van der Waals surface area contributed by atoms with E-state index in [1.54, 1.807) is 0 Å². The molecule has 2 atom stereocenters. The van der Waals surface area contributed by atoms with E-state index >= 15 is 0 Å². The van der Waals surface area contributed by atoms with Gasteiger partial charge in [-0.3, -0.25) is 9.59 Å². The van der Waals surface area contributed by atoms with Gasteiger partial charge >= 0.3 is 11.9 Å². The number of allylic oxidation sites excluding steroid dienone is 6. The molecule has 0 aliphatic carbocycles. The fourth-order valence-corrected chi connectivity index (χ4v) is 5.40. The van der Waals surface area contributed by atoms with Crippen molar-refractivity contribution in [3.05, 3.63) is 36.5 Å². The van der Waals surface area contributed by atoms with E-state index in [0.717, 1.165) is 96.3 Å². The number of carbonyl (C=O) groups excluding carboxylic acids is 2. The zero-order valence-electron chi connectivity index (χ0n) is 29.7. The molecule has 0 saturated carbocycles. The number of carboxylic acids is 1. The lowest BCUT2D eigenvalue weighted by atomic mass is 10.0. The highest BCUT2D eigenvalue weighted by atomic mass is 16.5. The van der Waals surface area contributed by atoms with Crippen LogP contribution in [0.2, 0.25) is 0 Å². The summed E-state index contributed by atoms with van der Waals surface area (Å²) in [6, 6.07) is -0.857. The van der Waals surface area contributed by atoms with Gasteiger partial charge in [0.05, 0.1) is 0 Å². The lowest BCUT2D eigenvalue weighted by molar-refractivity contribution is -0.150. The second-order valence-corrected chi connectivity index (χ2v) is 12.6. The second-order valence-electron chi connectivity index (χ2n) is 12.6. The Balaban J connectivity index is 4.28. The molecule has 0 spiro atoms. The molecule has 2 unspecified atom stereocenters. The van der Waals surface area contributed by atoms with Gasteiger partial charge in [0, 0.05) is 12.8 Å². The number of unbranched alkanes of at least 4 members (excludes halogenated alkanes) is 13. The molecule has 0 aromatic carbocycles. The number of hydrogen-bond donors (Lipinski definition) is 3. The SMILES string of the molecule is CC/C=C\C/C=C\C/C=C\CCCCCC(=O)OC(CCCCCCCCC)CCCCCCCC(=O)NC(CCCN)C(=O)O. The number of amides is 1. The molecule has 7 heteroatoms. The maximum atomic E-state index is 12.6. The molecule has 0 aromatic heterocycles. The molecule has 0 aromatic rings. The van der Waals surface area contributed by atoms with Crippen LogP contribution in [-0.2, 0) is 19.1 Å². The lowest BCUT2D eigenvalue weighted by Crippen LogP contribution is -2.40. The van der Waals surface area contributed by atoms with Crippen LogP contribution in [0.5, 0.6) is 0 Å². The van der Waals surface area contributed by atoms with Crippen molar-refractivity contribution in [2.24, 2.45) is 5.73 Å². The first kappa shape index (κ1) is 43.6. The number of carboxylic acid groups (broad SMARTS) is 1. The van der Waals surface area contributed by atoms with E-state index in [2.05, 4.69) is 55.6 Å². The molecule has 0 saturated heterocycles. The van der Waals surface area contributed by atoms with Crippen LogP contribution in [0.15, 0.2) is 36.5 Å². The van der Waals surface area contributed by atoms with Gasteiger partial charge in [0.1, 0.15) is 12.1 Å². The number of hydrogen-bond acceptors (Lipinski definition) is 5. The van der Waals surface area contributed by atoms with E-state index in [-0.39, 0.29) is 18.0 Å². The largest absolute Gasteiger partial charge is 0.480 e. The fraction of sp³-hybridized carbons (Fsp3) is 0.769. The number of carbonyl (C=O) groups is 3. The summed E-state index contributed by atoms with van der Waals surface area (Å²) >= 11 is 0. The quantitative estimate of drug-likeness (QED) is 0.0371. The van der Waals surface area contributed by atoms with Crippen molar-refractivity contribution < 1.29 is 24.2 Å². The van der Waals surface area contributed by atoms with Crippen molar-refractivity contribution in [2.75, 3.05) is 6.54 Å². The Kier molecular flexibility index (Phi) is 32.2. The summed E-state index contributed by atoms with van der Waals surface area (Å²) in [7, 11) is 0. The van der Waals surface area contributed by atoms with Gasteiger partial charge in [0.2, 0.25) is 5.91 Å².